The number of nitrogens with zero attached hydrogens (tertiary/aromatic N) is 1. The van der Waals surface area contributed by atoms with E-state index in [0.717, 1.165) is 27.2 Å². The zero-order valence-electron chi connectivity index (χ0n) is 16.3. The van der Waals surface area contributed by atoms with Gasteiger partial charge in [-0.05, 0) is 30.7 Å². The fourth-order valence-corrected chi connectivity index (χ4v) is 5.46. The van der Waals surface area contributed by atoms with Crippen molar-refractivity contribution in [1.29, 1.82) is 0 Å². The highest BCUT2D eigenvalue weighted by Gasteiger charge is 2.14. The topological polar surface area (TPSA) is 84.2 Å². The van der Waals surface area contributed by atoms with Crippen molar-refractivity contribution in [3.8, 4) is 0 Å². The molecule has 0 radical (unpaired) electrons. The van der Waals surface area contributed by atoms with Crippen LogP contribution in [0.5, 0.6) is 0 Å². The van der Waals surface area contributed by atoms with Crippen molar-refractivity contribution >= 4 is 61.8 Å². The molecule has 9 heteroatoms. The second kappa shape index (κ2) is 9.03. The van der Waals surface area contributed by atoms with Gasteiger partial charge in [0.25, 0.3) is 0 Å². The smallest absolute Gasteiger partial charge is 0.223 e. The molecule has 0 spiro atoms. The van der Waals surface area contributed by atoms with Gasteiger partial charge in [0.05, 0.1) is 11.4 Å². The number of carbonyl (C=O) groups is 1. The number of rotatable bonds is 7. The molecule has 0 saturated carbocycles. The van der Waals surface area contributed by atoms with Gasteiger partial charge in [0, 0.05) is 34.4 Å². The number of hydrogen-bond donors (Lipinski definition) is 2. The maximum absolute atomic E-state index is 12.9. The lowest BCUT2D eigenvalue weighted by Crippen LogP contribution is -2.05. The van der Waals surface area contributed by atoms with E-state index < -0.39 is 11.0 Å². The van der Waals surface area contributed by atoms with Crippen molar-refractivity contribution in [2.45, 2.75) is 29.6 Å². The highest BCUT2D eigenvalue weighted by molar-refractivity contribution is 7.98. The molecule has 0 fully saturated rings. The summed E-state index contributed by atoms with van der Waals surface area (Å²) in [7, 11) is -1.53. The monoisotopic (exact) mass is 457 g/mol. The van der Waals surface area contributed by atoms with Crippen LogP contribution in [0.15, 0.2) is 68.3 Å². The van der Waals surface area contributed by atoms with E-state index in [-0.39, 0.29) is 5.91 Å². The van der Waals surface area contributed by atoms with E-state index in [1.165, 1.54) is 18.3 Å². The van der Waals surface area contributed by atoms with Crippen LogP contribution in [-0.2, 0) is 21.5 Å². The summed E-state index contributed by atoms with van der Waals surface area (Å²) in [5.41, 5.74) is 3.42. The van der Waals surface area contributed by atoms with Gasteiger partial charge in [0.15, 0.2) is 16.1 Å². The Bertz CT molecular complexity index is 1200. The SMILES string of the molecule is CC(=O)Nc1nc(CSc2ccc(C)cc2NS(=O)c2cc3ccccc3o2)cs1. The number of nitrogens with one attached hydrogen (secondary N) is 2. The van der Waals surface area contributed by atoms with Crippen LogP contribution in [0.25, 0.3) is 11.0 Å². The van der Waals surface area contributed by atoms with Crippen LogP contribution in [-0.4, -0.2) is 15.1 Å². The van der Waals surface area contributed by atoms with E-state index in [2.05, 4.69) is 15.0 Å². The number of fused-ring (bicyclic) bond motifs is 1. The standard InChI is InChI=1S/C21H19N3O3S3/c1-13-7-8-19(28-11-16-12-29-21(23-16)22-14(2)25)17(9-13)24-30(26)20-10-15-5-3-4-6-18(15)27-20/h3-10,12,24H,11H2,1-2H3,(H,22,23,25). The maximum atomic E-state index is 12.9. The molecule has 0 aliphatic carbocycles. The van der Waals surface area contributed by atoms with E-state index in [4.69, 9.17) is 4.42 Å². The number of hydrogen-bond acceptors (Lipinski definition) is 6. The number of thiazole rings is 1. The van der Waals surface area contributed by atoms with Crippen molar-refractivity contribution in [2.24, 2.45) is 0 Å². The first-order valence-electron chi connectivity index (χ1n) is 9.10. The molecular formula is C21H19N3O3S3. The third kappa shape index (κ3) is 4.92. The third-order valence-corrected chi connectivity index (χ3v) is 7.02. The van der Waals surface area contributed by atoms with Crippen molar-refractivity contribution in [3.05, 3.63) is 65.2 Å². The Labute approximate surface area is 184 Å². The lowest BCUT2D eigenvalue weighted by Gasteiger charge is -2.11. The Morgan fingerprint density at radius 3 is 2.87 bits per heavy atom. The van der Waals surface area contributed by atoms with E-state index in [9.17, 15) is 9.00 Å². The predicted octanol–water partition coefficient (Wildman–Crippen LogP) is 5.58. The molecule has 0 aliphatic rings. The summed E-state index contributed by atoms with van der Waals surface area (Å²) >= 11 is 2.98. The van der Waals surface area contributed by atoms with E-state index in [0.29, 0.717) is 21.6 Å². The van der Waals surface area contributed by atoms with Crippen LogP contribution in [0.1, 0.15) is 18.2 Å². The zero-order chi connectivity index (χ0) is 21.1. The summed E-state index contributed by atoms with van der Waals surface area (Å²) in [5.74, 6) is 0.493. The first kappa shape index (κ1) is 20.6. The normalized spacial score (nSPS) is 12.1. The van der Waals surface area contributed by atoms with E-state index in [1.807, 2.05) is 54.8 Å². The van der Waals surface area contributed by atoms with Gasteiger partial charge in [-0.15, -0.1) is 23.1 Å². The first-order chi connectivity index (χ1) is 14.5. The average molecular weight is 458 g/mol. The zero-order valence-corrected chi connectivity index (χ0v) is 18.7. The summed E-state index contributed by atoms with van der Waals surface area (Å²) in [6.45, 7) is 3.45. The predicted molar refractivity (Wildman–Crippen MR) is 123 cm³/mol. The molecule has 2 aromatic carbocycles. The number of amides is 1. The molecule has 4 aromatic rings. The van der Waals surface area contributed by atoms with E-state index in [1.54, 1.807) is 17.8 Å². The molecule has 1 unspecified atom stereocenters. The molecule has 30 heavy (non-hydrogen) atoms. The van der Waals surface area contributed by atoms with Crippen molar-refractivity contribution < 1.29 is 13.4 Å². The number of aryl methyl sites for hydroxylation is 1. The van der Waals surface area contributed by atoms with Crippen LogP contribution in [0, 0.1) is 6.92 Å². The van der Waals surface area contributed by atoms with Gasteiger partial charge >= 0.3 is 0 Å². The number of para-hydroxylation sites is 1. The Morgan fingerprint density at radius 1 is 1.23 bits per heavy atom. The van der Waals surface area contributed by atoms with Crippen LogP contribution < -0.4 is 10.0 Å². The lowest BCUT2D eigenvalue weighted by atomic mass is 10.2. The second-order valence-electron chi connectivity index (χ2n) is 6.59. The molecule has 2 heterocycles. The number of thioether (sulfide) groups is 1. The summed E-state index contributed by atoms with van der Waals surface area (Å²) < 4.78 is 21.7. The molecule has 2 aromatic heterocycles. The third-order valence-electron chi connectivity index (χ3n) is 4.13. The summed E-state index contributed by atoms with van der Waals surface area (Å²) in [6.07, 6.45) is 0. The number of benzene rings is 2. The van der Waals surface area contributed by atoms with Crippen molar-refractivity contribution in [2.75, 3.05) is 10.0 Å². The van der Waals surface area contributed by atoms with Crippen LogP contribution in [0.4, 0.5) is 10.8 Å². The van der Waals surface area contributed by atoms with Crippen molar-refractivity contribution in [3.63, 3.8) is 0 Å². The minimum Gasteiger partial charge on any atom is -0.445 e. The summed E-state index contributed by atoms with van der Waals surface area (Å²) in [4.78, 5) is 16.5. The van der Waals surface area contributed by atoms with Gasteiger partial charge in [0.1, 0.15) is 5.58 Å². The van der Waals surface area contributed by atoms with Crippen LogP contribution in [0.3, 0.4) is 0 Å². The second-order valence-corrected chi connectivity index (χ2v) is 9.61. The summed E-state index contributed by atoms with van der Waals surface area (Å²) in [5, 5.41) is 6.50. The number of furan rings is 1. The minimum atomic E-state index is -1.53. The minimum absolute atomic E-state index is 0.137. The molecule has 1 atom stereocenters. The summed E-state index contributed by atoms with van der Waals surface area (Å²) in [6, 6.07) is 15.4. The fraction of sp³-hybridized carbons (Fsp3) is 0.143. The molecule has 2 N–H and O–H groups in total. The Balaban J connectivity index is 1.49. The first-order valence-corrected chi connectivity index (χ1v) is 12.1. The molecule has 0 aliphatic heterocycles. The largest absolute Gasteiger partial charge is 0.445 e. The van der Waals surface area contributed by atoms with Gasteiger partial charge in [-0.2, -0.15) is 0 Å². The molecule has 4 rings (SSSR count). The number of aromatic nitrogens is 1. The van der Waals surface area contributed by atoms with Crippen LogP contribution >= 0.6 is 23.1 Å². The Kier molecular flexibility index (Phi) is 6.21. The van der Waals surface area contributed by atoms with Crippen LogP contribution in [0.2, 0.25) is 0 Å². The van der Waals surface area contributed by atoms with Gasteiger partial charge in [0.2, 0.25) is 11.0 Å². The fourth-order valence-electron chi connectivity index (χ4n) is 2.78. The Hall–Kier alpha value is -2.62. The van der Waals surface area contributed by atoms with Gasteiger partial charge in [-0.1, -0.05) is 24.3 Å². The highest BCUT2D eigenvalue weighted by atomic mass is 32.2. The average Bonchev–Trinajstić information content (AvgIpc) is 3.33. The molecule has 1 amide bonds. The Morgan fingerprint density at radius 2 is 2.07 bits per heavy atom. The molecule has 6 nitrogen and oxygen atoms in total. The molecule has 0 saturated heterocycles. The molecule has 154 valence electrons. The molecule has 0 bridgehead atoms. The number of carbonyl (C=O) groups excluding carboxylic acids is 1. The molecular weight excluding hydrogens is 438 g/mol. The van der Waals surface area contributed by atoms with Gasteiger partial charge in [-0.3, -0.25) is 9.52 Å². The maximum Gasteiger partial charge on any atom is 0.223 e. The highest BCUT2D eigenvalue weighted by Crippen LogP contribution is 2.33. The lowest BCUT2D eigenvalue weighted by molar-refractivity contribution is -0.114. The van der Waals surface area contributed by atoms with Gasteiger partial charge < -0.3 is 9.73 Å². The number of anilines is 2. The van der Waals surface area contributed by atoms with E-state index >= 15 is 0 Å². The van der Waals surface area contributed by atoms with Gasteiger partial charge in [-0.25, -0.2) is 9.19 Å². The quantitative estimate of drug-likeness (QED) is 0.354. The van der Waals surface area contributed by atoms with Crippen molar-refractivity contribution in [1.82, 2.24) is 4.98 Å².